The summed E-state index contributed by atoms with van der Waals surface area (Å²) >= 11 is 1.98. The first kappa shape index (κ1) is 15.4. The van der Waals surface area contributed by atoms with Gasteiger partial charge in [0.15, 0.2) is 0 Å². The van der Waals surface area contributed by atoms with Crippen LogP contribution in [0.25, 0.3) is 0 Å². The second-order valence-corrected chi connectivity index (χ2v) is 5.99. The Kier molecular flexibility index (Phi) is 7.99. The molecule has 0 spiro atoms. The van der Waals surface area contributed by atoms with Gasteiger partial charge in [-0.15, -0.1) is 0 Å². The van der Waals surface area contributed by atoms with E-state index in [4.69, 9.17) is 0 Å². The van der Waals surface area contributed by atoms with Crippen molar-refractivity contribution in [3.05, 3.63) is 29.3 Å². The van der Waals surface area contributed by atoms with Gasteiger partial charge >= 0.3 is 0 Å². The second-order valence-electron chi connectivity index (χ2n) is 4.88. The summed E-state index contributed by atoms with van der Waals surface area (Å²) in [6.07, 6.45) is 8.19. The second kappa shape index (κ2) is 9.32. The van der Waals surface area contributed by atoms with Gasteiger partial charge in [-0.2, -0.15) is 11.8 Å². The maximum absolute atomic E-state index is 9.61. The number of rotatable bonds is 9. The molecule has 0 heterocycles. The Bertz CT molecular complexity index is 336. The van der Waals surface area contributed by atoms with E-state index in [1.807, 2.05) is 24.8 Å². The lowest BCUT2D eigenvalue weighted by atomic mass is 10.1. The summed E-state index contributed by atoms with van der Waals surface area (Å²) in [7, 11) is 0. The molecule has 0 saturated carbocycles. The SMILES string of the molecule is CCCCCCCCSCc1cccc(O)c1C. The molecule has 0 bridgehead atoms. The monoisotopic (exact) mass is 266 g/mol. The molecule has 2 heteroatoms. The third kappa shape index (κ3) is 5.81. The summed E-state index contributed by atoms with van der Waals surface area (Å²) in [6, 6.07) is 5.81. The van der Waals surface area contributed by atoms with E-state index in [9.17, 15) is 5.11 Å². The number of phenols is 1. The van der Waals surface area contributed by atoms with E-state index in [1.54, 1.807) is 6.07 Å². The van der Waals surface area contributed by atoms with E-state index in [2.05, 4.69) is 13.0 Å². The van der Waals surface area contributed by atoms with Crippen LogP contribution in [0, 0.1) is 6.92 Å². The summed E-state index contributed by atoms with van der Waals surface area (Å²) < 4.78 is 0. The summed E-state index contributed by atoms with van der Waals surface area (Å²) in [6.45, 7) is 4.25. The Morgan fingerprint density at radius 1 is 1.06 bits per heavy atom. The van der Waals surface area contributed by atoms with Gasteiger partial charge in [0.05, 0.1) is 0 Å². The van der Waals surface area contributed by atoms with Crippen LogP contribution in [0.3, 0.4) is 0 Å². The summed E-state index contributed by atoms with van der Waals surface area (Å²) in [5.41, 5.74) is 2.30. The molecule has 18 heavy (non-hydrogen) atoms. The van der Waals surface area contributed by atoms with Gasteiger partial charge in [0.25, 0.3) is 0 Å². The van der Waals surface area contributed by atoms with Crippen molar-refractivity contribution in [1.29, 1.82) is 0 Å². The first-order chi connectivity index (χ1) is 8.75. The fourth-order valence-corrected chi connectivity index (χ4v) is 3.08. The molecule has 1 aromatic carbocycles. The highest BCUT2D eigenvalue weighted by Gasteiger charge is 2.02. The van der Waals surface area contributed by atoms with Crippen LogP contribution in [0.1, 0.15) is 56.6 Å². The number of hydrogen-bond donors (Lipinski definition) is 1. The van der Waals surface area contributed by atoms with Crippen LogP contribution >= 0.6 is 11.8 Å². The molecule has 0 radical (unpaired) electrons. The van der Waals surface area contributed by atoms with E-state index in [0.717, 1.165) is 11.3 Å². The molecular formula is C16H26OS. The topological polar surface area (TPSA) is 20.2 Å². The number of aromatic hydroxyl groups is 1. The Balaban J connectivity index is 2.09. The van der Waals surface area contributed by atoms with Crippen molar-refractivity contribution in [1.82, 2.24) is 0 Å². The lowest BCUT2D eigenvalue weighted by Crippen LogP contribution is -1.88. The van der Waals surface area contributed by atoms with Crippen molar-refractivity contribution < 1.29 is 5.11 Å². The van der Waals surface area contributed by atoms with Crippen LogP contribution in [0.2, 0.25) is 0 Å². The predicted octanol–water partition coefficient (Wildman–Crippen LogP) is 5.29. The molecule has 0 aromatic heterocycles. The van der Waals surface area contributed by atoms with Crippen LogP contribution in [0.5, 0.6) is 5.75 Å². The maximum atomic E-state index is 9.61. The van der Waals surface area contributed by atoms with Gasteiger partial charge in [-0.25, -0.2) is 0 Å². The van der Waals surface area contributed by atoms with E-state index in [0.29, 0.717) is 5.75 Å². The van der Waals surface area contributed by atoms with Gasteiger partial charge in [0.2, 0.25) is 0 Å². The molecule has 0 aliphatic heterocycles. The quantitative estimate of drug-likeness (QED) is 0.612. The van der Waals surface area contributed by atoms with Crippen molar-refractivity contribution in [2.24, 2.45) is 0 Å². The molecule has 1 rings (SSSR count). The standard InChI is InChI=1S/C16H26OS/c1-3-4-5-6-7-8-12-18-13-15-10-9-11-16(17)14(15)2/h9-11,17H,3-8,12-13H2,1-2H3. The number of unbranched alkanes of at least 4 members (excludes halogenated alkanes) is 5. The third-order valence-electron chi connectivity index (χ3n) is 3.32. The van der Waals surface area contributed by atoms with E-state index in [1.165, 1.54) is 49.8 Å². The molecule has 0 saturated heterocycles. The van der Waals surface area contributed by atoms with Crippen LogP contribution in [-0.4, -0.2) is 10.9 Å². The van der Waals surface area contributed by atoms with Crippen LogP contribution in [-0.2, 0) is 5.75 Å². The highest BCUT2D eigenvalue weighted by molar-refractivity contribution is 7.98. The largest absolute Gasteiger partial charge is 0.508 e. The Morgan fingerprint density at radius 2 is 1.78 bits per heavy atom. The Hall–Kier alpha value is -0.630. The van der Waals surface area contributed by atoms with Crippen LogP contribution < -0.4 is 0 Å². The molecule has 0 fully saturated rings. The highest BCUT2D eigenvalue weighted by atomic mass is 32.2. The maximum Gasteiger partial charge on any atom is 0.118 e. The molecule has 0 aliphatic carbocycles. The molecule has 0 amide bonds. The lowest BCUT2D eigenvalue weighted by Gasteiger charge is -2.07. The van der Waals surface area contributed by atoms with Crippen LogP contribution in [0.4, 0.5) is 0 Å². The summed E-state index contributed by atoms with van der Waals surface area (Å²) in [4.78, 5) is 0. The number of thioether (sulfide) groups is 1. The minimum absolute atomic E-state index is 0.424. The molecule has 1 nitrogen and oxygen atoms in total. The Labute approximate surface area is 116 Å². The molecule has 102 valence electrons. The fraction of sp³-hybridized carbons (Fsp3) is 0.625. The predicted molar refractivity (Wildman–Crippen MR) is 82.4 cm³/mol. The molecule has 0 atom stereocenters. The van der Waals surface area contributed by atoms with Gasteiger partial charge < -0.3 is 5.11 Å². The van der Waals surface area contributed by atoms with E-state index >= 15 is 0 Å². The third-order valence-corrected chi connectivity index (χ3v) is 4.41. The minimum Gasteiger partial charge on any atom is -0.508 e. The zero-order valence-electron chi connectivity index (χ0n) is 11.7. The highest BCUT2D eigenvalue weighted by Crippen LogP contribution is 2.24. The summed E-state index contributed by atoms with van der Waals surface area (Å²) in [5, 5.41) is 9.61. The first-order valence-electron chi connectivity index (χ1n) is 7.11. The average molecular weight is 266 g/mol. The van der Waals surface area contributed by atoms with E-state index in [-0.39, 0.29) is 0 Å². The van der Waals surface area contributed by atoms with Gasteiger partial charge in [-0.3, -0.25) is 0 Å². The molecule has 0 aliphatic rings. The molecule has 1 N–H and O–H groups in total. The fourth-order valence-electron chi connectivity index (χ4n) is 1.99. The average Bonchev–Trinajstić information content (AvgIpc) is 2.37. The van der Waals surface area contributed by atoms with E-state index < -0.39 is 0 Å². The Morgan fingerprint density at radius 3 is 2.56 bits per heavy atom. The van der Waals surface area contributed by atoms with Gasteiger partial charge in [0, 0.05) is 5.75 Å². The van der Waals surface area contributed by atoms with Crippen molar-refractivity contribution in [2.45, 2.75) is 58.1 Å². The first-order valence-corrected chi connectivity index (χ1v) is 8.26. The smallest absolute Gasteiger partial charge is 0.118 e. The number of phenolic OH excluding ortho intramolecular Hbond substituents is 1. The molecule has 0 unspecified atom stereocenters. The normalized spacial score (nSPS) is 10.8. The number of benzene rings is 1. The minimum atomic E-state index is 0.424. The summed E-state index contributed by atoms with van der Waals surface area (Å²) in [5.74, 6) is 2.68. The van der Waals surface area contributed by atoms with Gasteiger partial charge in [-0.1, -0.05) is 51.2 Å². The van der Waals surface area contributed by atoms with Crippen molar-refractivity contribution in [2.75, 3.05) is 5.75 Å². The zero-order chi connectivity index (χ0) is 13.2. The lowest BCUT2D eigenvalue weighted by molar-refractivity contribution is 0.470. The van der Waals surface area contributed by atoms with Crippen molar-refractivity contribution in [3.63, 3.8) is 0 Å². The molecular weight excluding hydrogens is 240 g/mol. The van der Waals surface area contributed by atoms with Crippen molar-refractivity contribution in [3.8, 4) is 5.75 Å². The van der Waals surface area contributed by atoms with Crippen molar-refractivity contribution >= 4 is 11.8 Å². The van der Waals surface area contributed by atoms with Gasteiger partial charge in [-0.05, 0) is 36.3 Å². The number of hydrogen-bond acceptors (Lipinski definition) is 2. The van der Waals surface area contributed by atoms with Crippen LogP contribution in [0.15, 0.2) is 18.2 Å². The molecule has 1 aromatic rings. The van der Waals surface area contributed by atoms with Gasteiger partial charge in [0.1, 0.15) is 5.75 Å². The zero-order valence-corrected chi connectivity index (χ0v) is 12.6.